The van der Waals surface area contributed by atoms with Gasteiger partial charge in [-0.2, -0.15) is 13.2 Å². The smallest absolute Gasteiger partial charge is 0.326 e. The predicted octanol–water partition coefficient (Wildman–Crippen LogP) is 3.63. The minimum atomic E-state index is -4.50. The quantitative estimate of drug-likeness (QED) is 0.826. The number of benzene rings is 2. The van der Waals surface area contributed by atoms with Crippen LogP contribution in [0.4, 0.5) is 18.9 Å². The maximum atomic E-state index is 12.9. The van der Waals surface area contributed by atoms with Crippen LogP contribution in [0.15, 0.2) is 47.4 Å². The lowest BCUT2D eigenvalue weighted by atomic mass is 10.0. The van der Waals surface area contributed by atoms with Crippen molar-refractivity contribution in [3.8, 4) is 0 Å². The molecule has 0 aliphatic carbocycles. The topological polar surface area (TPSA) is 75.3 Å². The van der Waals surface area contributed by atoms with Crippen molar-refractivity contribution in [2.45, 2.75) is 36.9 Å². The second kappa shape index (κ2) is 6.97. The van der Waals surface area contributed by atoms with Crippen LogP contribution < -0.4 is 10.0 Å². The van der Waals surface area contributed by atoms with Gasteiger partial charge in [0.2, 0.25) is 15.9 Å². The summed E-state index contributed by atoms with van der Waals surface area (Å²) in [4.78, 5) is 11.4. The first-order valence-corrected chi connectivity index (χ1v) is 9.67. The van der Waals surface area contributed by atoms with E-state index in [4.69, 9.17) is 0 Å². The Morgan fingerprint density at radius 3 is 2.56 bits per heavy atom. The Kier molecular flexibility index (Phi) is 5.00. The molecule has 0 bridgehead atoms. The Balaban J connectivity index is 1.83. The highest BCUT2D eigenvalue weighted by atomic mass is 32.2. The number of nitrogens with one attached hydrogen (secondary N) is 2. The number of alkyl halides is 3. The van der Waals surface area contributed by atoms with Crippen molar-refractivity contribution < 1.29 is 26.4 Å². The summed E-state index contributed by atoms with van der Waals surface area (Å²) in [6.07, 6.45) is -3.81. The van der Waals surface area contributed by atoms with Crippen molar-refractivity contribution in [2.24, 2.45) is 0 Å². The van der Waals surface area contributed by atoms with E-state index in [-0.39, 0.29) is 22.8 Å². The summed E-state index contributed by atoms with van der Waals surface area (Å²) in [5, 5.41) is 2.66. The lowest BCUT2D eigenvalue weighted by molar-refractivity contribution is -0.137. The zero-order valence-corrected chi connectivity index (χ0v) is 15.1. The molecule has 27 heavy (non-hydrogen) atoms. The van der Waals surface area contributed by atoms with E-state index >= 15 is 0 Å². The van der Waals surface area contributed by atoms with Crippen LogP contribution in [0.25, 0.3) is 0 Å². The molecule has 0 radical (unpaired) electrons. The summed E-state index contributed by atoms with van der Waals surface area (Å²) in [7, 11) is -3.95. The van der Waals surface area contributed by atoms with E-state index in [0.717, 1.165) is 12.1 Å². The monoisotopic (exact) mass is 398 g/mol. The third-order valence-electron chi connectivity index (χ3n) is 4.33. The minimum Gasteiger partial charge on any atom is -0.326 e. The van der Waals surface area contributed by atoms with Crippen molar-refractivity contribution in [1.82, 2.24) is 4.72 Å². The summed E-state index contributed by atoms with van der Waals surface area (Å²) < 4.78 is 66.2. The van der Waals surface area contributed by atoms with Gasteiger partial charge in [-0.1, -0.05) is 12.1 Å². The van der Waals surface area contributed by atoms with Gasteiger partial charge in [-0.25, -0.2) is 13.1 Å². The molecule has 0 saturated heterocycles. The molecule has 5 nitrogen and oxygen atoms in total. The fraction of sp³-hybridized carbons (Fsp3) is 0.278. The van der Waals surface area contributed by atoms with Gasteiger partial charge in [0.25, 0.3) is 0 Å². The second-order valence-corrected chi connectivity index (χ2v) is 8.05. The first-order valence-electron chi connectivity index (χ1n) is 8.18. The van der Waals surface area contributed by atoms with Crippen molar-refractivity contribution in [2.75, 3.05) is 5.32 Å². The number of amides is 1. The van der Waals surface area contributed by atoms with Crippen LogP contribution >= 0.6 is 0 Å². The maximum Gasteiger partial charge on any atom is 0.416 e. The highest BCUT2D eigenvalue weighted by Crippen LogP contribution is 2.31. The highest BCUT2D eigenvalue weighted by Gasteiger charge is 2.31. The lowest BCUT2D eigenvalue weighted by Gasteiger charge is -2.19. The molecule has 2 aromatic rings. The molecule has 1 heterocycles. The molecule has 1 atom stereocenters. The summed E-state index contributed by atoms with van der Waals surface area (Å²) in [5.41, 5.74) is 0.634. The van der Waals surface area contributed by atoms with Crippen molar-refractivity contribution >= 4 is 21.6 Å². The van der Waals surface area contributed by atoms with Crippen molar-refractivity contribution in [3.05, 3.63) is 59.2 Å². The fourth-order valence-electron chi connectivity index (χ4n) is 2.88. The Bertz CT molecular complexity index is 988. The van der Waals surface area contributed by atoms with Crippen LogP contribution in [0.1, 0.15) is 36.1 Å². The number of hydrogen-bond acceptors (Lipinski definition) is 3. The Labute approximate surface area is 154 Å². The normalized spacial score (nSPS) is 15.8. The molecule has 1 aliphatic heterocycles. The zero-order chi connectivity index (χ0) is 19.8. The van der Waals surface area contributed by atoms with Gasteiger partial charge in [-0.15, -0.1) is 0 Å². The van der Waals surface area contributed by atoms with Gasteiger partial charge in [0.05, 0.1) is 10.5 Å². The number of rotatable bonds is 4. The van der Waals surface area contributed by atoms with Crippen molar-refractivity contribution in [1.29, 1.82) is 0 Å². The van der Waals surface area contributed by atoms with Crippen LogP contribution in [0.5, 0.6) is 0 Å². The summed E-state index contributed by atoms with van der Waals surface area (Å²) >= 11 is 0. The summed E-state index contributed by atoms with van der Waals surface area (Å²) in [5.74, 6) is -0.130. The van der Waals surface area contributed by atoms with E-state index in [1.165, 1.54) is 37.3 Å². The van der Waals surface area contributed by atoms with Gasteiger partial charge >= 0.3 is 6.18 Å². The predicted molar refractivity (Wildman–Crippen MR) is 93.6 cm³/mol. The lowest BCUT2D eigenvalue weighted by Crippen LogP contribution is -2.27. The Morgan fingerprint density at radius 2 is 1.85 bits per heavy atom. The molecule has 0 aromatic heterocycles. The van der Waals surface area contributed by atoms with Gasteiger partial charge in [-0.3, -0.25) is 4.79 Å². The first kappa shape index (κ1) is 19.4. The molecule has 1 amide bonds. The van der Waals surface area contributed by atoms with Crippen LogP contribution in [0, 0.1) is 0 Å². The minimum absolute atomic E-state index is 0.00350. The SMILES string of the molecule is CC(NS(=O)(=O)c1ccc2c(c1)CCC(=O)N2)c1cccc(C(F)(F)F)c1. The van der Waals surface area contributed by atoms with Gasteiger partial charge < -0.3 is 5.32 Å². The molecule has 144 valence electrons. The molecular formula is C18H17F3N2O3S. The molecule has 9 heteroatoms. The summed E-state index contributed by atoms with van der Waals surface area (Å²) in [6, 6.07) is 8.01. The number of halogens is 3. The number of carbonyl (C=O) groups is 1. The van der Waals surface area contributed by atoms with E-state index in [0.29, 0.717) is 17.7 Å². The third-order valence-corrected chi connectivity index (χ3v) is 5.87. The largest absolute Gasteiger partial charge is 0.416 e. The van der Waals surface area contributed by atoms with E-state index in [1.54, 1.807) is 0 Å². The summed E-state index contributed by atoms with van der Waals surface area (Å²) in [6.45, 7) is 1.48. The molecule has 1 unspecified atom stereocenters. The third kappa shape index (κ3) is 4.30. The van der Waals surface area contributed by atoms with Gasteiger partial charge in [0.1, 0.15) is 0 Å². The molecule has 2 aromatic carbocycles. The van der Waals surface area contributed by atoms with Crippen molar-refractivity contribution in [3.63, 3.8) is 0 Å². The molecule has 0 fully saturated rings. The van der Waals surface area contributed by atoms with E-state index in [2.05, 4.69) is 10.0 Å². The standard InChI is InChI=1S/C18H17F3N2O3S/c1-11(12-3-2-4-14(9-12)18(19,20)21)23-27(25,26)15-6-7-16-13(10-15)5-8-17(24)22-16/h2-4,6-7,9-11,23H,5,8H2,1H3,(H,22,24). The van der Waals surface area contributed by atoms with E-state index < -0.39 is 27.8 Å². The first-order chi connectivity index (χ1) is 12.6. The number of aryl methyl sites for hydroxylation is 1. The number of sulfonamides is 1. The fourth-order valence-corrected chi connectivity index (χ4v) is 4.16. The molecule has 2 N–H and O–H groups in total. The average Bonchev–Trinajstić information content (AvgIpc) is 2.60. The van der Waals surface area contributed by atoms with Crippen LogP contribution in [-0.2, 0) is 27.4 Å². The molecule has 3 rings (SSSR count). The second-order valence-electron chi connectivity index (χ2n) is 6.33. The molecule has 0 spiro atoms. The number of carbonyl (C=O) groups excluding carboxylic acids is 1. The zero-order valence-electron chi connectivity index (χ0n) is 14.3. The van der Waals surface area contributed by atoms with E-state index in [1.807, 2.05) is 0 Å². The van der Waals surface area contributed by atoms with Crippen LogP contribution in [0.2, 0.25) is 0 Å². The number of anilines is 1. The van der Waals surface area contributed by atoms with Gasteiger partial charge in [0, 0.05) is 18.2 Å². The number of hydrogen-bond donors (Lipinski definition) is 2. The average molecular weight is 398 g/mol. The molecular weight excluding hydrogens is 381 g/mol. The van der Waals surface area contributed by atoms with Crippen LogP contribution in [0.3, 0.4) is 0 Å². The number of fused-ring (bicyclic) bond motifs is 1. The maximum absolute atomic E-state index is 12.9. The molecule has 1 aliphatic rings. The van der Waals surface area contributed by atoms with Gasteiger partial charge in [0.15, 0.2) is 0 Å². The van der Waals surface area contributed by atoms with Crippen LogP contribution in [-0.4, -0.2) is 14.3 Å². The highest BCUT2D eigenvalue weighted by molar-refractivity contribution is 7.89. The molecule has 0 saturated carbocycles. The Morgan fingerprint density at radius 1 is 1.11 bits per heavy atom. The Hall–Kier alpha value is -2.39. The van der Waals surface area contributed by atoms with E-state index in [9.17, 15) is 26.4 Å². The van der Waals surface area contributed by atoms with Gasteiger partial charge in [-0.05, 0) is 54.8 Å².